The number of aromatic nitrogens is 2. The van der Waals surface area contributed by atoms with Gasteiger partial charge in [0.05, 0.1) is 11.9 Å². The molecule has 3 rings (SSSR count). The van der Waals surface area contributed by atoms with Gasteiger partial charge in [0, 0.05) is 17.3 Å². The van der Waals surface area contributed by atoms with Gasteiger partial charge in [0.2, 0.25) is 5.91 Å². The van der Waals surface area contributed by atoms with Crippen molar-refractivity contribution in [3.8, 4) is 0 Å². The standard InChI is InChI=1S/C15H14ClN3O/c1-10-12-6-2-3-7-13(12)19(15(10)16)18-14(20)9-11-5-4-8-17-11/h2-8,17H,9H2,1H3,(H,18,20). The van der Waals surface area contributed by atoms with Gasteiger partial charge in [0.15, 0.2) is 0 Å². The molecule has 0 saturated heterocycles. The summed E-state index contributed by atoms with van der Waals surface area (Å²) >= 11 is 6.30. The number of carbonyl (C=O) groups is 1. The minimum atomic E-state index is -0.116. The third-order valence-electron chi connectivity index (χ3n) is 3.30. The number of para-hydroxylation sites is 1. The van der Waals surface area contributed by atoms with Crippen LogP contribution in [0.25, 0.3) is 10.9 Å². The first-order valence-electron chi connectivity index (χ1n) is 6.34. The van der Waals surface area contributed by atoms with Crippen LogP contribution in [0.4, 0.5) is 0 Å². The average Bonchev–Trinajstić information content (AvgIpc) is 3.03. The van der Waals surface area contributed by atoms with E-state index in [0.29, 0.717) is 5.15 Å². The monoisotopic (exact) mass is 287 g/mol. The summed E-state index contributed by atoms with van der Waals surface area (Å²) in [5.74, 6) is -0.116. The van der Waals surface area contributed by atoms with Crippen molar-refractivity contribution >= 4 is 28.4 Å². The molecule has 0 unspecified atom stereocenters. The molecule has 2 N–H and O–H groups in total. The van der Waals surface area contributed by atoms with Crippen molar-refractivity contribution in [3.05, 3.63) is 59.0 Å². The highest BCUT2D eigenvalue weighted by atomic mass is 35.5. The Balaban J connectivity index is 1.91. The maximum Gasteiger partial charge on any atom is 0.244 e. The molecule has 5 heteroatoms. The number of aromatic amines is 1. The fraction of sp³-hybridized carbons (Fsp3) is 0.133. The Bertz CT molecular complexity index is 759. The quantitative estimate of drug-likeness (QED) is 0.763. The molecular weight excluding hydrogens is 274 g/mol. The van der Waals surface area contributed by atoms with Gasteiger partial charge < -0.3 is 4.98 Å². The van der Waals surface area contributed by atoms with E-state index in [2.05, 4.69) is 10.4 Å². The SMILES string of the molecule is Cc1c(Cl)n(NC(=O)Cc2ccc[nH]2)c2ccccc12. The van der Waals surface area contributed by atoms with Crippen LogP contribution >= 0.6 is 11.6 Å². The third kappa shape index (κ3) is 2.18. The van der Waals surface area contributed by atoms with E-state index in [-0.39, 0.29) is 12.3 Å². The van der Waals surface area contributed by atoms with Crippen molar-refractivity contribution in [2.24, 2.45) is 0 Å². The van der Waals surface area contributed by atoms with Gasteiger partial charge in [-0.3, -0.25) is 10.2 Å². The molecule has 0 fully saturated rings. The Morgan fingerprint density at radius 3 is 2.85 bits per heavy atom. The predicted octanol–water partition coefficient (Wildman–Crippen LogP) is 3.24. The molecule has 0 aliphatic carbocycles. The number of H-pyrrole nitrogens is 1. The molecule has 0 atom stereocenters. The van der Waals surface area contributed by atoms with E-state index in [9.17, 15) is 4.79 Å². The Morgan fingerprint density at radius 2 is 2.10 bits per heavy atom. The van der Waals surface area contributed by atoms with Gasteiger partial charge in [-0.2, -0.15) is 0 Å². The number of nitrogens with zero attached hydrogens (tertiary/aromatic N) is 1. The Hall–Kier alpha value is -2.20. The van der Waals surface area contributed by atoms with E-state index in [0.717, 1.165) is 22.2 Å². The van der Waals surface area contributed by atoms with Crippen molar-refractivity contribution in [3.63, 3.8) is 0 Å². The van der Waals surface area contributed by atoms with Crippen LogP contribution in [0.1, 0.15) is 11.3 Å². The molecule has 0 spiro atoms. The zero-order valence-electron chi connectivity index (χ0n) is 11.0. The maximum atomic E-state index is 12.1. The number of fused-ring (bicyclic) bond motifs is 1. The fourth-order valence-corrected chi connectivity index (χ4v) is 2.53. The summed E-state index contributed by atoms with van der Waals surface area (Å²) in [6, 6.07) is 11.5. The summed E-state index contributed by atoms with van der Waals surface area (Å²) in [6.07, 6.45) is 2.08. The van der Waals surface area contributed by atoms with Crippen LogP contribution in [0, 0.1) is 6.92 Å². The van der Waals surface area contributed by atoms with E-state index in [1.807, 2.05) is 43.3 Å². The number of halogens is 1. The summed E-state index contributed by atoms with van der Waals surface area (Å²) in [6.45, 7) is 1.94. The Morgan fingerprint density at radius 1 is 1.30 bits per heavy atom. The number of benzene rings is 1. The fourth-order valence-electron chi connectivity index (χ4n) is 2.29. The zero-order chi connectivity index (χ0) is 14.1. The van der Waals surface area contributed by atoms with Crippen LogP contribution < -0.4 is 5.43 Å². The zero-order valence-corrected chi connectivity index (χ0v) is 11.7. The lowest BCUT2D eigenvalue weighted by Gasteiger charge is -2.09. The van der Waals surface area contributed by atoms with E-state index in [4.69, 9.17) is 11.6 Å². The Labute approximate surface area is 121 Å². The molecule has 102 valence electrons. The minimum Gasteiger partial charge on any atom is -0.365 e. The highest BCUT2D eigenvalue weighted by molar-refractivity contribution is 6.32. The molecule has 0 radical (unpaired) electrons. The Kier molecular flexibility index (Phi) is 3.24. The van der Waals surface area contributed by atoms with Crippen molar-refractivity contribution in [1.82, 2.24) is 9.66 Å². The van der Waals surface area contributed by atoms with Gasteiger partial charge in [0.25, 0.3) is 0 Å². The van der Waals surface area contributed by atoms with Crippen LogP contribution in [-0.2, 0) is 11.2 Å². The third-order valence-corrected chi connectivity index (χ3v) is 3.76. The number of aryl methyl sites for hydroxylation is 1. The van der Waals surface area contributed by atoms with Crippen LogP contribution in [0.5, 0.6) is 0 Å². The van der Waals surface area contributed by atoms with Gasteiger partial charge in [-0.05, 0) is 30.7 Å². The normalized spacial score (nSPS) is 10.9. The van der Waals surface area contributed by atoms with Gasteiger partial charge >= 0.3 is 0 Å². The lowest BCUT2D eigenvalue weighted by Crippen LogP contribution is -2.24. The van der Waals surface area contributed by atoms with E-state index < -0.39 is 0 Å². The van der Waals surface area contributed by atoms with Gasteiger partial charge in [-0.25, -0.2) is 4.68 Å². The van der Waals surface area contributed by atoms with Crippen LogP contribution in [0.2, 0.25) is 5.15 Å². The molecule has 2 heterocycles. The molecule has 20 heavy (non-hydrogen) atoms. The molecule has 0 saturated carbocycles. The highest BCUT2D eigenvalue weighted by Gasteiger charge is 2.14. The summed E-state index contributed by atoms with van der Waals surface area (Å²) < 4.78 is 1.64. The molecule has 4 nitrogen and oxygen atoms in total. The number of carbonyl (C=O) groups excluding carboxylic acids is 1. The number of rotatable bonds is 3. The first-order valence-corrected chi connectivity index (χ1v) is 6.72. The van der Waals surface area contributed by atoms with Crippen molar-refractivity contribution in [2.75, 3.05) is 5.43 Å². The summed E-state index contributed by atoms with van der Waals surface area (Å²) in [5.41, 5.74) is 5.56. The van der Waals surface area contributed by atoms with Gasteiger partial charge in [-0.1, -0.05) is 29.8 Å². The second kappa shape index (κ2) is 5.06. The van der Waals surface area contributed by atoms with E-state index in [1.165, 1.54) is 0 Å². The number of hydrogen-bond donors (Lipinski definition) is 2. The number of amides is 1. The van der Waals surface area contributed by atoms with Crippen molar-refractivity contribution < 1.29 is 4.79 Å². The predicted molar refractivity (Wildman–Crippen MR) is 80.5 cm³/mol. The van der Waals surface area contributed by atoms with Crippen LogP contribution in [-0.4, -0.2) is 15.6 Å². The highest BCUT2D eigenvalue weighted by Crippen LogP contribution is 2.27. The van der Waals surface area contributed by atoms with Gasteiger partial charge in [0.1, 0.15) is 5.15 Å². The second-order valence-electron chi connectivity index (χ2n) is 4.68. The van der Waals surface area contributed by atoms with Crippen LogP contribution in [0.3, 0.4) is 0 Å². The minimum absolute atomic E-state index is 0.116. The first-order chi connectivity index (χ1) is 9.66. The van der Waals surface area contributed by atoms with Crippen molar-refractivity contribution in [1.29, 1.82) is 0 Å². The smallest absolute Gasteiger partial charge is 0.244 e. The second-order valence-corrected chi connectivity index (χ2v) is 5.03. The molecule has 0 aliphatic heterocycles. The summed E-state index contributed by atoms with van der Waals surface area (Å²) in [4.78, 5) is 15.1. The molecule has 3 aromatic rings. The molecular formula is C15H14ClN3O. The molecule has 1 aromatic carbocycles. The first kappa shape index (κ1) is 12.8. The van der Waals surface area contributed by atoms with Crippen LogP contribution in [0.15, 0.2) is 42.6 Å². The summed E-state index contributed by atoms with van der Waals surface area (Å²) in [5, 5.41) is 1.57. The summed E-state index contributed by atoms with van der Waals surface area (Å²) in [7, 11) is 0. The molecule has 0 bridgehead atoms. The number of nitrogens with one attached hydrogen (secondary N) is 2. The van der Waals surface area contributed by atoms with Gasteiger partial charge in [-0.15, -0.1) is 0 Å². The van der Waals surface area contributed by atoms with Crippen molar-refractivity contribution in [2.45, 2.75) is 13.3 Å². The average molecular weight is 288 g/mol. The van der Waals surface area contributed by atoms with E-state index >= 15 is 0 Å². The lowest BCUT2D eigenvalue weighted by atomic mass is 10.2. The van der Waals surface area contributed by atoms with E-state index in [1.54, 1.807) is 10.9 Å². The maximum absolute atomic E-state index is 12.1. The largest absolute Gasteiger partial charge is 0.365 e. The molecule has 2 aromatic heterocycles. The molecule has 0 aliphatic rings. The number of hydrogen-bond acceptors (Lipinski definition) is 1. The lowest BCUT2D eigenvalue weighted by molar-refractivity contribution is -0.116. The topological polar surface area (TPSA) is 49.8 Å². The molecule has 1 amide bonds.